The lowest BCUT2D eigenvalue weighted by Crippen LogP contribution is -2.10. The first-order valence-electron chi connectivity index (χ1n) is 5.33. The fourth-order valence-corrected chi connectivity index (χ4v) is 1.86. The van der Waals surface area contributed by atoms with Gasteiger partial charge in [-0.3, -0.25) is 4.79 Å². The average molecular weight is 218 g/mol. The number of para-hydroxylation sites is 1. The Bertz CT molecular complexity index is 423. The lowest BCUT2D eigenvalue weighted by Gasteiger charge is -2.08. The molecule has 0 fully saturated rings. The Labute approximate surface area is 94.7 Å². The van der Waals surface area contributed by atoms with Crippen molar-refractivity contribution in [2.75, 3.05) is 6.61 Å². The Balaban J connectivity index is 2.16. The van der Waals surface area contributed by atoms with Crippen LogP contribution in [-0.4, -0.2) is 12.6 Å². The van der Waals surface area contributed by atoms with Gasteiger partial charge in [-0.1, -0.05) is 24.8 Å². The molecule has 3 nitrogen and oxygen atoms in total. The van der Waals surface area contributed by atoms with Gasteiger partial charge in [0.15, 0.2) is 0 Å². The number of ether oxygens (including phenoxy) is 2. The van der Waals surface area contributed by atoms with Gasteiger partial charge in [-0.05, 0) is 13.0 Å². The highest BCUT2D eigenvalue weighted by atomic mass is 16.5. The van der Waals surface area contributed by atoms with Crippen LogP contribution in [0.1, 0.15) is 24.8 Å². The first-order chi connectivity index (χ1) is 7.72. The lowest BCUT2D eigenvalue weighted by molar-refractivity contribution is -0.143. The monoisotopic (exact) mass is 218 g/mol. The predicted molar refractivity (Wildman–Crippen MR) is 60.2 cm³/mol. The lowest BCUT2D eigenvalue weighted by atomic mass is 9.96. The number of hydrogen-bond donors (Lipinski definition) is 0. The molecule has 3 heteroatoms. The van der Waals surface area contributed by atoms with Gasteiger partial charge in [0.2, 0.25) is 0 Å². The molecule has 1 aliphatic rings. The zero-order valence-corrected chi connectivity index (χ0v) is 9.23. The summed E-state index contributed by atoms with van der Waals surface area (Å²) in [6, 6.07) is 7.67. The topological polar surface area (TPSA) is 35.5 Å². The molecular weight excluding hydrogens is 204 g/mol. The highest BCUT2D eigenvalue weighted by Crippen LogP contribution is 2.41. The van der Waals surface area contributed by atoms with Gasteiger partial charge >= 0.3 is 5.97 Å². The van der Waals surface area contributed by atoms with Crippen LogP contribution in [0.15, 0.2) is 36.6 Å². The summed E-state index contributed by atoms with van der Waals surface area (Å²) >= 11 is 0. The summed E-state index contributed by atoms with van der Waals surface area (Å²) < 4.78 is 10.4. The van der Waals surface area contributed by atoms with Crippen molar-refractivity contribution >= 4 is 5.97 Å². The Hall–Kier alpha value is -1.77. The molecule has 1 aliphatic heterocycles. The van der Waals surface area contributed by atoms with Gasteiger partial charge in [0.1, 0.15) is 11.5 Å². The number of rotatable bonds is 3. The highest BCUT2D eigenvalue weighted by Gasteiger charge is 2.30. The van der Waals surface area contributed by atoms with Crippen LogP contribution in [0, 0.1) is 0 Å². The minimum atomic E-state index is -0.214. The van der Waals surface area contributed by atoms with E-state index in [2.05, 4.69) is 6.58 Å². The van der Waals surface area contributed by atoms with Crippen LogP contribution in [0.25, 0.3) is 0 Å². The number of allylic oxidation sites excluding steroid dienone is 1. The van der Waals surface area contributed by atoms with E-state index in [0.717, 1.165) is 11.3 Å². The van der Waals surface area contributed by atoms with Crippen LogP contribution in [0.2, 0.25) is 0 Å². The average Bonchev–Trinajstić information content (AvgIpc) is 2.56. The van der Waals surface area contributed by atoms with Gasteiger partial charge in [-0.25, -0.2) is 0 Å². The van der Waals surface area contributed by atoms with E-state index in [1.54, 1.807) is 6.92 Å². The number of carbonyl (C=O) groups is 1. The van der Waals surface area contributed by atoms with Crippen LogP contribution in [0.5, 0.6) is 5.75 Å². The molecule has 0 bridgehead atoms. The van der Waals surface area contributed by atoms with E-state index in [0.29, 0.717) is 18.8 Å². The van der Waals surface area contributed by atoms with Gasteiger partial charge in [0.05, 0.1) is 18.9 Å². The van der Waals surface area contributed by atoms with E-state index in [4.69, 9.17) is 9.47 Å². The fraction of sp³-hybridized carbons (Fsp3) is 0.308. The number of fused-ring (bicyclic) bond motifs is 1. The molecule has 0 saturated heterocycles. The molecule has 0 saturated carbocycles. The summed E-state index contributed by atoms with van der Waals surface area (Å²) in [5.74, 6) is 1.13. The summed E-state index contributed by atoms with van der Waals surface area (Å²) in [6.07, 6.45) is 0.295. The van der Waals surface area contributed by atoms with Gasteiger partial charge < -0.3 is 9.47 Å². The number of carbonyl (C=O) groups excluding carboxylic acids is 1. The Morgan fingerprint density at radius 2 is 2.25 bits per heavy atom. The minimum Gasteiger partial charge on any atom is -0.466 e. The van der Waals surface area contributed by atoms with Crippen LogP contribution in [-0.2, 0) is 9.53 Å². The normalized spacial score (nSPS) is 17.8. The maximum absolute atomic E-state index is 11.4. The predicted octanol–water partition coefficient (Wildman–Crippen LogP) is 2.63. The van der Waals surface area contributed by atoms with Crippen LogP contribution in [0.4, 0.5) is 0 Å². The van der Waals surface area contributed by atoms with Crippen molar-refractivity contribution < 1.29 is 14.3 Å². The summed E-state index contributed by atoms with van der Waals surface area (Å²) in [6.45, 7) is 6.03. The van der Waals surface area contributed by atoms with Gasteiger partial charge in [0, 0.05) is 5.56 Å². The summed E-state index contributed by atoms with van der Waals surface area (Å²) in [5, 5.41) is 0. The van der Waals surface area contributed by atoms with Gasteiger partial charge in [0.25, 0.3) is 0 Å². The van der Waals surface area contributed by atoms with Crippen molar-refractivity contribution in [3.8, 4) is 5.75 Å². The largest absolute Gasteiger partial charge is 0.466 e. The quantitative estimate of drug-likeness (QED) is 0.731. The molecule has 1 aromatic rings. The molecule has 0 aliphatic carbocycles. The second-order valence-electron chi connectivity index (χ2n) is 3.67. The van der Waals surface area contributed by atoms with Crippen molar-refractivity contribution in [2.45, 2.75) is 19.3 Å². The van der Waals surface area contributed by atoms with Crippen LogP contribution >= 0.6 is 0 Å². The molecule has 0 unspecified atom stereocenters. The Morgan fingerprint density at radius 3 is 3.00 bits per heavy atom. The third kappa shape index (κ3) is 1.94. The van der Waals surface area contributed by atoms with Crippen molar-refractivity contribution in [2.24, 2.45) is 0 Å². The second-order valence-corrected chi connectivity index (χ2v) is 3.67. The zero-order valence-electron chi connectivity index (χ0n) is 9.23. The minimum absolute atomic E-state index is 0.0738. The molecule has 0 aromatic heterocycles. The standard InChI is InChI=1S/C13H14O3/c1-3-15-13(14)8-11-9(2)16-12-7-5-4-6-10(11)12/h4-7,11H,2-3,8H2,1H3/t11-/m0/s1. The molecule has 84 valence electrons. The van der Waals surface area contributed by atoms with Crippen molar-refractivity contribution in [1.82, 2.24) is 0 Å². The number of benzene rings is 1. The van der Waals surface area contributed by atoms with E-state index >= 15 is 0 Å². The Kier molecular flexibility index (Phi) is 2.95. The molecule has 0 radical (unpaired) electrons. The third-order valence-electron chi connectivity index (χ3n) is 2.60. The molecule has 0 N–H and O–H groups in total. The maximum atomic E-state index is 11.4. The van der Waals surface area contributed by atoms with E-state index < -0.39 is 0 Å². The zero-order chi connectivity index (χ0) is 11.5. The molecule has 1 heterocycles. The molecule has 1 aromatic carbocycles. The van der Waals surface area contributed by atoms with Crippen LogP contribution < -0.4 is 4.74 Å². The summed E-state index contributed by atoms with van der Waals surface area (Å²) in [7, 11) is 0. The number of hydrogen-bond acceptors (Lipinski definition) is 3. The van der Waals surface area contributed by atoms with Crippen LogP contribution in [0.3, 0.4) is 0 Å². The molecule has 0 amide bonds. The van der Waals surface area contributed by atoms with E-state index in [-0.39, 0.29) is 11.9 Å². The molecule has 2 rings (SSSR count). The first kappa shape index (κ1) is 10.7. The van der Waals surface area contributed by atoms with Crippen molar-refractivity contribution in [3.63, 3.8) is 0 Å². The van der Waals surface area contributed by atoms with E-state index in [1.165, 1.54) is 0 Å². The van der Waals surface area contributed by atoms with Gasteiger partial charge in [-0.2, -0.15) is 0 Å². The van der Waals surface area contributed by atoms with E-state index in [9.17, 15) is 4.79 Å². The fourth-order valence-electron chi connectivity index (χ4n) is 1.86. The highest BCUT2D eigenvalue weighted by molar-refractivity contribution is 5.72. The van der Waals surface area contributed by atoms with Crippen molar-refractivity contribution in [3.05, 3.63) is 42.2 Å². The molecule has 16 heavy (non-hydrogen) atoms. The summed E-state index contributed by atoms with van der Waals surface area (Å²) in [4.78, 5) is 11.4. The smallest absolute Gasteiger partial charge is 0.306 e. The summed E-state index contributed by atoms with van der Waals surface area (Å²) in [5.41, 5.74) is 1.01. The SMILES string of the molecule is C=C1Oc2ccccc2[C@H]1CC(=O)OCC. The number of esters is 1. The van der Waals surface area contributed by atoms with Gasteiger partial charge in [-0.15, -0.1) is 0 Å². The molecular formula is C13H14O3. The molecule has 1 atom stereocenters. The van der Waals surface area contributed by atoms with Crippen molar-refractivity contribution in [1.29, 1.82) is 0 Å². The second kappa shape index (κ2) is 4.39. The maximum Gasteiger partial charge on any atom is 0.306 e. The first-order valence-corrected chi connectivity index (χ1v) is 5.33. The third-order valence-corrected chi connectivity index (χ3v) is 2.60. The molecule has 0 spiro atoms. The Morgan fingerprint density at radius 1 is 1.50 bits per heavy atom. The van der Waals surface area contributed by atoms with E-state index in [1.807, 2.05) is 24.3 Å².